The summed E-state index contributed by atoms with van der Waals surface area (Å²) in [6.45, 7) is 1.76. The molecule has 2 aromatic carbocycles. The number of nitro groups is 1. The molecule has 0 spiro atoms. The third-order valence-corrected chi connectivity index (χ3v) is 3.40. The molecule has 0 fully saturated rings. The van der Waals surface area contributed by atoms with Crippen molar-refractivity contribution in [3.63, 3.8) is 0 Å². The summed E-state index contributed by atoms with van der Waals surface area (Å²) in [7, 11) is 0. The largest absolute Gasteiger partial charge is 0.508 e. The molecule has 23 heavy (non-hydrogen) atoms. The number of nitro benzene ring substituents is 1. The van der Waals surface area contributed by atoms with Crippen LogP contribution in [0.5, 0.6) is 5.75 Å². The average molecular weight is 336 g/mol. The van der Waals surface area contributed by atoms with E-state index in [4.69, 9.17) is 11.6 Å². The van der Waals surface area contributed by atoms with Crippen LogP contribution < -0.4 is 10.6 Å². The molecule has 0 aliphatic heterocycles. The number of phenolic OH excluding ortho intramolecular Hbond substituents is 1. The summed E-state index contributed by atoms with van der Waals surface area (Å²) < 4.78 is 0. The Morgan fingerprint density at radius 3 is 2.74 bits per heavy atom. The Balaban J connectivity index is 2.03. The van der Waals surface area contributed by atoms with Gasteiger partial charge >= 0.3 is 6.03 Å². The zero-order chi connectivity index (χ0) is 17.0. The first-order chi connectivity index (χ1) is 10.9. The molecule has 0 bridgehead atoms. The van der Waals surface area contributed by atoms with E-state index in [1.807, 2.05) is 6.92 Å². The molecule has 0 aliphatic carbocycles. The van der Waals surface area contributed by atoms with Gasteiger partial charge in [0.1, 0.15) is 5.75 Å². The van der Waals surface area contributed by atoms with E-state index in [-0.39, 0.29) is 23.5 Å². The second-order valence-electron chi connectivity index (χ2n) is 4.84. The predicted octanol–water partition coefficient (Wildman–Crippen LogP) is 3.58. The lowest BCUT2D eigenvalue weighted by atomic mass is 10.2. The van der Waals surface area contributed by atoms with Crippen molar-refractivity contribution in [2.24, 2.45) is 0 Å². The number of amides is 2. The lowest BCUT2D eigenvalue weighted by molar-refractivity contribution is -0.384. The minimum Gasteiger partial charge on any atom is -0.508 e. The Hall–Kier alpha value is -2.80. The van der Waals surface area contributed by atoms with Crippen LogP contribution in [0.1, 0.15) is 11.1 Å². The Bertz CT molecular complexity index is 764. The smallest absolute Gasteiger partial charge is 0.319 e. The Morgan fingerprint density at radius 2 is 2.04 bits per heavy atom. The fourth-order valence-electron chi connectivity index (χ4n) is 1.90. The summed E-state index contributed by atoms with van der Waals surface area (Å²) in [5, 5.41) is 26.1. The number of halogens is 1. The van der Waals surface area contributed by atoms with E-state index < -0.39 is 11.0 Å². The van der Waals surface area contributed by atoms with Crippen LogP contribution in [0.25, 0.3) is 0 Å². The van der Waals surface area contributed by atoms with Crippen LogP contribution >= 0.6 is 11.6 Å². The SMILES string of the molecule is Cc1ccc(Cl)cc1NC(=O)NCc1cc([N+](=O)[O-])ccc1O. The van der Waals surface area contributed by atoms with Gasteiger partial charge in [-0.1, -0.05) is 17.7 Å². The normalized spacial score (nSPS) is 10.2. The molecular weight excluding hydrogens is 322 g/mol. The van der Waals surface area contributed by atoms with Crippen molar-refractivity contribution in [3.05, 3.63) is 62.7 Å². The number of non-ortho nitro benzene ring substituents is 1. The molecular formula is C15H14ClN3O4. The van der Waals surface area contributed by atoms with Crippen LogP contribution in [-0.4, -0.2) is 16.1 Å². The topological polar surface area (TPSA) is 104 Å². The summed E-state index contributed by atoms with van der Waals surface area (Å²) in [5.41, 5.74) is 1.48. The summed E-state index contributed by atoms with van der Waals surface area (Å²) in [6, 6.07) is 8.19. The average Bonchev–Trinajstić information content (AvgIpc) is 2.50. The molecule has 0 radical (unpaired) electrons. The maximum absolute atomic E-state index is 11.9. The molecule has 0 saturated carbocycles. The highest BCUT2D eigenvalue weighted by Gasteiger charge is 2.11. The van der Waals surface area contributed by atoms with Gasteiger partial charge in [-0.2, -0.15) is 0 Å². The van der Waals surface area contributed by atoms with E-state index in [9.17, 15) is 20.0 Å². The van der Waals surface area contributed by atoms with E-state index >= 15 is 0 Å². The van der Waals surface area contributed by atoms with Gasteiger partial charge < -0.3 is 15.7 Å². The number of carbonyl (C=O) groups is 1. The first-order valence-electron chi connectivity index (χ1n) is 6.64. The van der Waals surface area contributed by atoms with Crippen molar-refractivity contribution in [2.45, 2.75) is 13.5 Å². The predicted molar refractivity (Wildman–Crippen MR) is 86.8 cm³/mol. The van der Waals surface area contributed by atoms with Crippen LogP contribution in [0.3, 0.4) is 0 Å². The van der Waals surface area contributed by atoms with Gasteiger partial charge in [0.15, 0.2) is 0 Å². The molecule has 0 unspecified atom stereocenters. The zero-order valence-electron chi connectivity index (χ0n) is 12.2. The number of nitrogens with zero attached hydrogens (tertiary/aromatic N) is 1. The highest BCUT2D eigenvalue weighted by molar-refractivity contribution is 6.31. The summed E-state index contributed by atoms with van der Waals surface area (Å²) in [4.78, 5) is 22.1. The van der Waals surface area contributed by atoms with E-state index in [0.29, 0.717) is 10.7 Å². The Morgan fingerprint density at radius 1 is 1.30 bits per heavy atom. The first-order valence-corrected chi connectivity index (χ1v) is 7.02. The monoisotopic (exact) mass is 335 g/mol. The van der Waals surface area contributed by atoms with Gasteiger partial charge in [0.25, 0.3) is 5.69 Å². The molecule has 0 heterocycles. The molecule has 0 aliphatic rings. The minimum absolute atomic E-state index is 0.0566. The van der Waals surface area contributed by atoms with E-state index in [0.717, 1.165) is 5.56 Å². The summed E-state index contributed by atoms with van der Waals surface area (Å²) in [5.74, 6) is -0.130. The Kier molecular flexibility index (Phi) is 5.02. The van der Waals surface area contributed by atoms with Crippen LogP contribution in [0.15, 0.2) is 36.4 Å². The van der Waals surface area contributed by atoms with Crippen LogP contribution in [0.2, 0.25) is 5.02 Å². The number of benzene rings is 2. The molecule has 2 amide bonds. The molecule has 120 valence electrons. The maximum Gasteiger partial charge on any atom is 0.319 e. The van der Waals surface area contributed by atoms with Crippen molar-refractivity contribution in [2.75, 3.05) is 5.32 Å². The number of phenols is 1. The van der Waals surface area contributed by atoms with Gasteiger partial charge in [-0.15, -0.1) is 0 Å². The number of aromatic hydroxyl groups is 1. The van der Waals surface area contributed by atoms with Crippen LogP contribution in [-0.2, 0) is 6.54 Å². The first kappa shape index (κ1) is 16.6. The second kappa shape index (κ2) is 6.97. The molecule has 8 heteroatoms. The van der Waals surface area contributed by atoms with Crippen molar-refractivity contribution >= 4 is 29.0 Å². The van der Waals surface area contributed by atoms with Gasteiger partial charge in [-0.05, 0) is 30.7 Å². The lowest BCUT2D eigenvalue weighted by Gasteiger charge is -2.11. The number of rotatable bonds is 4. The Labute approximate surface area is 137 Å². The highest BCUT2D eigenvalue weighted by Crippen LogP contribution is 2.23. The second-order valence-corrected chi connectivity index (χ2v) is 5.27. The van der Waals surface area contributed by atoms with Crippen LogP contribution in [0, 0.1) is 17.0 Å². The van der Waals surface area contributed by atoms with Crippen molar-refractivity contribution < 1.29 is 14.8 Å². The van der Waals surface area contributed by atoms with Gasteiger partial charge in [0, 0.05) is 35.0 Å². The minimum atomic E-state index is -0.571. The van der Waals surface area contributed by atoms with Gasteiger partial charge in [-0.3, -0.25) is 10.1 Å². The third kappa shape index (κ3) is 4.33. The van der Waals surface area contributed by atoms with E-state index in [1.54, 1.807) is 18.2 Å². The number of urea groups is 1. The van der Waals surface area contributed by atoms with Gasteiger partial charge in [0.05, 0.1) is 4.92 Å². The number of hydrogen-bond donors (Lipinski definition) is 3. The summed E-state index contributed by atoms with van der Waals surface area (Å²) >= 11 is 5.87. The number of anilines is 1. The molecule has 2 rings (SSSR count). The molecule has 0 saturated heterocycles. The molecule has 2 aromatic rings. The fourth-order valence-corrected chi connectivity index (χ4v) is 2.07. The third-order valence-electron chi connectivity index (χ3n) is 3.16. The number of carbonyl (C=O) groups excluding carboxylic acids is 1. The maximum atomic E-state index is 11.9. The quantitative estimate of drug-likeness (QED) is 0.586. The lowest BCUT2D eigenvalue weighted by Crippen LogP contribution is -2.28. The zero-order valence-corrected chi connectivity index (χ0v) is 12.9. The number of nitrogens with one attached hydrogen (secondary N) is 2. The summed E-state index contributed by atoms with van der Waals surface area (Å²) in [6.07, 6.45) is 0. The van der Waals surface area contributed by atoms with Gasteiger partial charge in [0.2, 0.25) is 0 Å². The van der Waals surface area contributed by atoms with Gasteiger partial charge in [-0.25, -0.2) is 4.79 Å². The van der Waals surface area contributed by atoms with Crippen molar-refractivity contribution in [1.29, 1.82) is 0 Å². The highest BCUT2D eigenvalue weighted by atomic mass is 35.5. The van der Waals surface area contributed by atoms with Crippen molar-refractivity contribution in [1.82, 2.24) is 5.32 Å². The van der Waals surface area contributed by atoms with Crippen LogP contribution in [0.4, 0.5) is 16.2 Å². The molecule has 0 atom stereocenters. The number of hydrogen-bond acceptors (Lipinski definition) is 4. The standard InChI is InChI=1S/C15H14ClN3O4/c1-9-2-3-11(16)7-13(9)18-15(21)17-8-10-6-12(19(22)23)4-5-14(10)20/h2-7,20H,8H2,1H3,(H2,17,18,21). The number of aryl methyl sites for hydroxylation is 1. The molecule has 3 N–H and O–H groups in total. The van der Waals surface area contributed by atoms with Crippen molar-refractivity contribution in [3.8, 4) is 5.75 Å². The molecule has 0 aromatic heterocycles. The van der Waals surface area contributed by atoms with E-state index in [1.165, 1.54) is 18.2 Å². The fraction of sp³-hybridized carbons (Fsp3) is 0.133. The van der Waals surface area contributed by atoms with E-state index in [2.05, 4.69) is 10.6 Å². The molecule has 7 nitrogen and oxygen atoms in total.